The van der Waals surface area contributed by atoms with Gasteiger partial charge in [0.1, 0.15) is 0 Å². The topological polar surface area (TPSA) is 58.6 Å². The predicted octanol–water partition coefficient (Wildman–Crippen LogP) is 1.60. The van der Waals surface area contributed by atoms with Gasteiger partial charge in [-0.25, -0.2) is 13.1 Å². The molecule has 0 radical (unpaired) electrons. The average Bonchev–Trinajstić information content (AvgIpc) is 2.53. The van der Waals surface area contributed by atoms with Crippen LogP contribution in [0.1, 0.15) is 45.4 Å². The zero-order valence-corrected chi connectivity index (χ0v) is 14.0. The molecule has 1 N–H and O–H groups in total. The first-order valence-electron chi connectivity index (χ1n) is 8.40. The van der Waals surface area contributed by atoms with Crippen molar-refractivity contribution in [2.45, 2.75) is 51.5 Å². The predicted molar refractivity (Wildman–Crippen MR) is 84.8 cm³/mol. The molecular formula is C15H30N2O3S. The van der Waals surface area contributed by atoms with Crippen LogP contribution in [-0.2, 0) is 14.8 Å². The summed E-state index contributed by atoms with van der Waals surface area (Å²) in [5.41, 5.74) is 0. The van der Waals surface area contributed by atoms with Gasteiger partial charge < -0.3 is 9.64 Å². The molecule has 124 valence electrons. The van der Waals surface area contributed by atoms with E-state index in [2.05, 4.69) is 9.62 Å². The first-order valence-corrected chi connectivity index (χ1v) is 10.0. The summed E-state index contributed by atoms with van der Waals surface area (Å²) in [4.78, 5) is 2.57. The molecule has 0 spiro atoms. The summed E-state index contributed by atoms with van der Waals surface area (Å²) >= 11 is 0. The van der Waals surface area contributed by atoms with E-state index < -0.39 is 10.0 Å². The molecule has 0 saturated carbocycles. The number of hydrogen-bond acceptors (Lipinski definition) is 4. The maximum atomic E-state index is 11.8. The Bertz CT molecular complexity index is 386. The Morgan fingerprint density at radius 1 is 1.14 bits per heavy atom. The fraction of sp³-hybridized carbons (Fsp3) is 1.00. The van der Waals surface area contributed by atoms with E-state index in [1.54, 1.807) is 0 Å². The van der Waals surface area contributed by atoms with Gasteiger partial charge in [-0.3, -0.25) is 0 Å². The maximum Gasteiger partial charge on any atom is 0.211 e. The lowest BCUT2D eigenvalue weighted by Crippen LogP contribution is -2.45. The second-order valence-corrected chi connectivity index (χ2v) is 8.27. The number of nitrogens with one attached hydrogen (secondary N) is 1. The Morgan fingerprint density at radius 2 is 1.81 bits per heavy atom. The van der Waals surface area contributed by atoms with Crippen LogP contribution >= 0.6 is 0 Å². The molecule has 2 heterocycles. The quantitative estimate of drug-likeness (QED) is 0.774. The second-order valence-electron chi connectivity index (χ2n) is 6.34. The molecule has 6 heteroatoms. The molecule has 0 aromatic rings. The van der Waals surface area contributed by atoms with Crippen molar-refractivity contribution in [3.05, 3.63) is 0 Å². The van der Waals surface area contributed by atoms with Gasteiger partial charge >= 0.3 is 0 Å². The van der Waals surface area contributed by atoms with Gasteiger partial charge in [-0.2, -0.15) is 0 Å². The highest BCUT2D eigenvalue weighted by molar-refractivity contribution is 7.89. The molecule has 0 aromatic heterocycles. The molecule has 21 heavy (non-hydrogen) atoms. The van der Waals surface area contributed by atoms with E-state index in [9.17, 15) is 8.42 Å². The molecule has 0 aliphatic carbocycles. The summed E-state index contributed by atoms with van der Waals surface area (Å²) in [5, 5.41) is 0. The summed E-state index contributed by atoms with van der Waals surface area (Å²) in [6.45, 7) is 6.62. The van der Waals surface area contributed by atoms with Gasteiger partial charge in [-0.1, -0.05) is 13.3 Å². The van der Waals surface area contributed by atoms with Gasteiger partial charge in [0.05, 0.1) is 5.75 Å². The van der Waals surface area contributed by atoms with Crippen molar-refractivity contribution in [3.8, 4) is 0 Å². The normalized spacial score (nSPS) is 23.5. The third-order valence-electron chi connectivity index (χ3n) is 4.71. The van der Waals surface area contributed by atoms with Gasteiger partial charge in [0.25, 0.3) is 0 Å². The number of hydrogen-bond donors (Lipinski definition) is 1. The Hall–Kier alpha value is -0.170. The Balaban J connectivity index is 1.67. The highest BCUT2D eigenvalue weighted by Crippen LogP contribution is 2.22. The van der Waals surface area contributed by atoms with Gasteiger partial charge in [0, 0.05) is 25.8 Å². The SMILES string of the molecule is CCCCS(=O)(=O)NCC1CCN(C2CCOCC2)CC1. The van der Waals surface area contributed by atoms with Crippen molar-refractivity contribution >= 4 is 10.0 Å². The van der Waals surface area contributed by atoms with E-state index in [1.807, 2.05) is 6.92 Å². The van der Waals surface area contributed by atoms with Crippen LogP contribution in [-0.4, -0.2) is 58.0 Å². The van der Waals surface area contributed by atoms with E-state index >= 15 is 0 Å². The van der Waals surface area contributed by atoms with Crippen molar-refractivity contribution in [2.75, 3.05) is 38.6 Å². The van der Waals surface area contributed by atoms with E-state index in [0.717, 1.165) is 64.8 Å². The molecular weight excluding hydrogens is 288 g/mol. The van der Waals surface area contributed by atoms with E-state index in [1.165, 1.54) is 0 Å². The first-order chi connectivity index (χ1) is 10.1. The summed E-state index contributed by atoms with van der Waals surface area (Å²) in [6, 6.07) is 0.681. The maximum absolute atomic E-state index is 11.8. The van der Waals surface area contributed by atoms with Crippen molar-refractivity contribution in [2.24, 2.45) is 5.92 Å². The molecule has 2 saturated heterocycles. The number of nitrogens with zero attached hydrogens (tertiary/aromatic N) is 1. The third-order valence-corrected chi connectivity index (χ3v) is 6.15. The highest BCUT2D eigenvalue weighted by Gasteiger charge is 2.26. The molecule has 2 aliphatic rings. The Morgan fingerprint density at radius 3 is 2.43 bits per heavy atom. The zero-order valence-electron chi connectivity index (χ0n) is 13.2. The van der Waals surface area contributed by atoms with E-state index in [-0.39, 0.29) is 5.75 Å². The standard InChI is InChI=1S/C15H30N2O3S/c1-2-3-12-21(18,19)16-13-14-4-8-17(9-5-14)15-6-10-20-11-7-15/h14-16H,2-13H2,1H3. The minimum atomic E-state index is -3.06. The van der Waals surface area contributed by atoms with Crippen LogP contribution in [0.5, 0.6) is 0 Å². The number of piperidine rings is 1. The average molecular weight is 318 g/mol. The van der Waals surface area contributed by atoms with Crippen LogP contribution in [0, 0.1) is 5.92 Å². The monoisotopic (exact) mass is 318 g/mol. The molecule has 0 amide bonds. The van der Waals surface area contributed by atoms with E-state index in [4.69, 9.17) is 4.74 Å². The number of ether oxygens (including phenoxy) is 1. The largest absolute Gasteiger partial charge is 0.381 e. The molecule has 2 aliphatic heterocycles. The van der Waals surface area contributed by atoms with Gasteiger partial charge in [0.15, 0.2) is 0 Å². The summed E-state index contributed by atoms with van der Waals surface area (Å²) in [7, 11) is -3.06. The molecule has 0 bridgehead atoms. The van der Waals surface area contributed by atoms with Crippen LogP contribution in [0.25, 0.3) is 0 Å². The minimum absolute atomic E-state index is 0.268. The van der Waals surface area contributed by atoms with Crippen molar-refractivity contribution in [1.82, 2.24) is 9.62 Å². The fourth-order valence-electron chi connectivity index (χ4n) is 3.22. The third kappa shape index (κ3) is 5.85. The second kappa shape index (κ2) is 8.46. The van der Waals surface area contributed by atoms with Crippen LogP contribution in [0.2, 0.25) is 0 Å². The highest BCUT2D eigenvalue weighted by atomic mass is 32.2. The number of likely N-dealkylation sites (tertiary alicyclic amines) is 1. The lowest BCUT2D eigenvalue weighted by Gasteiger charge is -2.39. The smallest absolute Gasteiger partial charge is 0.211 e. The Kier molecular flexibility index (Phi) is 6.92. The molecule has 0 atom stereocenters. The van der Waals surface area contributed by atoms with Crippen LogP contribution in [0.15, 0.2) is 0 Å². The van der Waals surface area contributed by atoms with Crippen molar-refractivity contribution < 1.29 is 13.2 Å². The number of unbranched alkanes of at least 4 members (excludes halogenated alkanes) is 1. The molecule has 2 fully saturated rings. The van der Waals surface area contributed by atoms with Gasteiger partial charge in [0.2, 0.25) is 10.0 Å². The summed E-state index contributed by atoms with van der Waals surface area (Å²) < 4.78 is 31.8. The van der Waals surface area contributed by atoms with Crippen LogP contribution in [0.3, 0.4) is 0 Å². The summed E-state index contributed by atoms with van der Waals surface area (Å²) in [6.07, 6.45) is 6.17. The minimum Gasteiger partial charge on any atom is -0.381 e. The van der Waals surface area contributed by atoms with Gasteiger partial charge in [-0.05, 0) is 51.1 Å². The first kappa shape index (κ1) is 17.2. The zero-order chi connectivity index (χ0) is 15.1. The van der Waals surface area contributed by atoms with Gasteiger partial charge in [-0.15, -0.1) is 0 Å². The lowest BCUT2D eigenvalue weighted by molar-refractivity contribution is 0.0214. The lowest BCUT2D eigenvalue weighted by atomic mass is 9.94. The Labute approximate surface area is 129 Å². The molecule has 0 unspecified atom stereocenters. The van der Waals surface area contributed by atoms with E-state index in [0.29, 0.717) is 18.5 Å². The van der Waals surface area contributed by atoms with Crippen molar-refractivity contribution in [1.29, 1.82) is 0 Å². The van der Waals surface area contributed by atoms with Crippen molar-refractivity contribution in [3.63, 3.8) is 0 Å². The molecule has 0 aromatic carbocycles. The molecule has 2 rings (SSSR count). The number of rotatable bonds is 7. The molecule has 5 nitrogen and oxygen atoms in total. The van der Waals surface area contributed by atoms with Crippen LogP contribution < -0.4 is 4.72 Å². The number of sulfonamides is 1. The fourth-order valence-corrected chi connectivity index (χ4v) is 4.53. The van der Waals surface area contributed by atoms with Crippen LogP contribution in [0.4, 0.5) is 0 Å². The summed E-state index contributed by atoms with van der Waals surface area (Å²) in [5.74, 6) is 0.766.